The standard InChI is InChI=1S/C15H21N3O2/c1-3-8-16-13-7-5-4-6-12(13)15(20)18-10-9-17-14(19)11(18)2/h4-7,11,16H,3,8-10H2,1-2H3,(H,17,19). The monoisotopic (exact) mass is 275 g/mol. The van der Waals surface area contributed by atoms with Gasteiger partial charge < -0.3 is 15.5 Å². The fourth-order valence-corrected chi connectivity index (χ4v) is 2.30. The van der Waals surface area contributed by atoms with Gasteiger partial charge in [0.25, 0.3) is 5.91 Å². The van der Waals surface area contributed by atoms with E-state index in [1.807, 2.05) is 18.2 Å². The van der Waals surface area contributed by atoms with Crippen LogP contribution in [0.5, 0.6) is 0 Å². The van der Waals surface area contributed by atoms with Crippen molar-refractivity contribution in [3.8, 4) is 0 Å². The van der Waals surface area contributed by atoms with Crippen LogP contribution in [0.4, 0.5) is 5.69 Å². The highest BCUT2D eigenvalue weighted by atomic mass is 16.2. The number of carbonyl (C=O) groups is 2. The maximum Gasteiger partial charge on any atom is 0.256 e. The van der Waals surface area contributed by atoms with Gasteiger partial charge in [0.05, 0.1) is 5.56 Å². The van der Waals surface area contributed by atoms with Crippen LogP contribution in [0.1, 0.15) is 30.6 Å². The van der Waals surface area contributed by atoms with E-state index < -0.39 is 6.04 Å². The average Bonchev–Trinajstić information content (AvgIpc) is 2.47. The van der Waals surface area contributed by atoms with Crippen LogP contribution in [0, 0.1) is 0 Å². The molecule has 1 heterocycles. The van der Waals surface area contributed by atoms with Gasteiger partial charge in [0.15, 0.2) is 0 Å². The Kier molecular flexibility index (Phi) is 4.61. The molecule has 1 aliphatic rings. The Labute approximate surface area is 119 Å². The summed E-state index contributed by atoms with van der Waals surface area (Å²) in [6, 6.07) is 7.03. The summed E-state index contributed by atoms with van der Waals surface area (Å²) < 4.78 is 0. The van der Waals surface area contributed by atoms with E-state index in [-0.39, 0.29) is 11.8 Å². The van der Waals surface area contributed by atoms with Crippen LogP contribution in [0.25, 0.3) is 0 Å². The number of rotatable bonds is 4. The van der Waals surface area contributed by atoms with Crippen LogP contribution in [-0.2, 0) is 4.79 Å². The van der Waals surface area contributed by atoms with E-state index >= 15 is 0 Å². The molecular weight excluding hydrogens is 254 g/mol. The molecule has 1 saturated heterocycles. The van der Waals surface area contributed by atoms with Crippen molar-refractivity contribution >= 4 is 17.5 Å². The van der Waals surface area contributed by atoms with Crippen molar-refractivity contribution in [2.24, 2.45) is 0 Å². The number of anilines is 1. The number of carbonyl (C=O) groups excluding carboxylic acids is 2. The van der Waals surface area contributed by atoms with Crippen molar-refractivity contribution in [1.82, 2.24) is 10.2 Å². The van der Waals surface area contributed by atoms with Crippen molar-refractivity contribution in [3.63, 3.8) is 0 Å². The highest BCUT2D eigenvalue weighted by Gasteiger charge is 2.30. The zero-order valence-electron chi connectivity index (χ0n) is 12.0. The van der Waals surface area contributed by atoms with Crippen LogP contribution in [0.2, 0.25) is 0 Å². The number of hydrogen-bond acceptors (Lipinski definition) is 3. The number of nitrogens with zero attached hydrogens (tertiary/aromatic N) is 1. The van der Waals surface area contributed by atoms with Crippen LogP contribution < -0.4 is 10.6 Å². The molecule has 1 aromatic rings. The van der Waals surface area contributed by atoms with Crippen molar-refractivity contribution in [3.05, 3.63) is 29.8 Å². The van der Waals surface area contributed by atoms with E-state index in [9.17, 15) is 9.59 Å². The Hall–Kier alpha value is -2.04. The first-order valence-electron chi connectivity index (χ1n) is 7.06. The molecule has 0 aliphatic carbocycles. The number of piperazine rings is 1. The maximum atomic E-state index is 12.6. The van der Waals surface area contributed by atoms with E-state index in [0.717, 1.165) is 18.7 Å². The van der Waals surface area contributed by atoms with Crippen molar-refractivity contribution in [1.29, 1.82) is 0 Å². The SMILES string of the molecule is CCCNc1ccccc1C(=O)N1CCNC(=O)C1C. The minimum atomic E-state index is -0.421. The van der Waals surface area contributed by atoms with Crippen LogP contribution in [-0.4, -0.2) is 42.4 Å². The first-order valence-corrected chi connectivity index (χ1v) is 7.06. The molecule has 0 radical (unpaired) electrons. The number of amides is 2. The largest absolute Gasteiger partial charge is 0.384 e. The Morgan fingerprint density at radius 3 is 2.95 bits per heavy atom. The van der Waals surface area contributed by atoms with Gasteiger partial charge in [0, 0.05) is 25.3 Å². The molecule has 2 amide bonds. The molecule has 108 valence electrons. The van der Waals surface area contributed by atoms with E-state index in [4.69, 9.17) is 0 Å². The molecule has 1 unspecified atom stereocenters. The minimum absolute atomic E-state index is 0.0912. The lowest BCUT2D eigenvalue weighted by Crippen LogP contribution is -2.55. The summed E-state index contributed by atoms with van der Waals surface area (Å²) >= 11 is 0. The fraction of sp³-hybridized carbons (Fsp3) is 0.467. The molecule has 0 aromatic heterocycles. The van der Waals surface area contributed by atoms with Gasteiger partial charge in [-0.1, -0.05) is 19.1 Å². The summed E-state index contributed by atoms with van der Waals surface area (Å²) in [6.45, 7) is 5.72. The zero-order valence-corrected chi connectivity index (χ0v) is 12.0. The summed E-state index contributed by atoms with van der Waals surface area (Å²) in [6.07, 6.45) is 0.991. The lowest BCUT2D eigenvalue weighted by Gasteiger charge is -2.33. The van der Waals surface area contributed by atoms with Crippen molar-refractivity contribution in [2.75, 3.05) is 25.0 Å². The normalized spacial score (nSPS) is 18.6. The van der Waals surface area contributed by atoms with Crippen LogP contribution >= 0.6 is 0 Å². The first kappa shape index (κ1) is 14.4. The molecule has 0 spiro atoms. The Balaban J connectivity index is 2.22. The topological polar surface area (TPSA) is 61.4 Å². The van der Waals surface area contributed by atoms with Gasteiger partial charge >= 0.3 is 0 Å². The Morgan fingerprint density at radius 2 is 2.20 bits per heavy atom. The molecule has 20 heavy (non-hydrogen) atoms. The first-order chi connectivity index (χ1) is 9.65. The smallest absolute Gasteiger partial charge is 0.256 e. The maximum absolute atomic E-state index is 12.6. The van der Waals surface area contributed by atoms with E-state index in [2.05, 4.69) is 17.6 Å². The summed E-state index contributed by atoms with van der Waals surface area (Å²) in [7, 11) is 0. The summed E-state index contributed by atoms with van der Waals surface area (Å²) in [5.41, 5.74) is 1.46. The molecule has 0 saturated carbocycles. The van der Waals surface area contributed by atoms with Gasteiger partial charge in [0.1, 0.15) is 6.04 Å². The summed E-state index contributed by atoms with van der Waals surface area (Å²) in [5.74, 6) is -0.185. The Morgan fingerprint density at radius 1 is 1.45 bits per heavy atom. The van der Waals surface area contributed by atoms with Gasteiger partial charge in [-0.05, 0) is 25.5 Å². The van der Waals surface area contributed by atoms with Crippen molar-refractivity contribution < 1.29 is 9.59 Å². The molecule has 5 nitrogen and oxygen atoms in total. The van der Waals surface area contributed by atoms with Crippen LogP contribution in [0.15, 0.2) is 24.3 Å². The molecule has 5 heteroatoms. The fourth-order valence-electron chi connectivity index (χ4n) is 2.30. The number of para-hydroxylation sites is 1. The Bertz CT molecular complexity index is 502. The average molecular weight is 275 g/mol. The van der Waals surface area contributed by atoms with Gasteiger partial charge in [-0.3, -0.25) is 9.59 Å². The molecule has 1 fully saturated rings. The molecule has 2 rings (SSSR count). The molecule has 1 aliphatic heterocycles. The molecular formula is C15H21N3O2. The molecule has 2 N–H and O–H groups in total. The quantitative estimate of drug-likeness (QED) is 0.874. The van der Waals surface area contributed by atoms with Gasteiger partial charge in [0.2, 0.25) is 5.91 Å². The highest BCUT2D eigenvalue weighted by Crippen LogP contribution is 2.19. The van der Waals surface area contributed by atoms with Gasteiger partial charge in [-0.2, -0.15) is 0 Å². The lowest BCUT2D eigenvalue weighted by molar-refractivity contribution is -0.127. The predicted molar refractivity (Wildman–Crippen MR) is 78.7 cm³/mol. The van der Waals surface area contributed by atoms with E-state index in [1.54, 1.807) is 17.9 Å². The molecule has 1 atom stereocenters. The van der Waals surface area contributed by atoms with E-state index in [1.165, 1.54) is 0 Å². The third kappa shape index (κ3) is 2.92. The summed E-state index contributed by atoms with van der Waals surface area (Å²) in [4.78, 5) is 26.0. The van der Waals surface area contributed by atoms with Gasteiger partial charge in [-0.25, -0.2) is 0 Å². The van der Waals surface area contributed by atoms with Crippen molar-refractivity contribution in [2.45, 2.75) is 26.3 Å². The third-order valence-electron chi connectivity index (χ3n) is 3.48. The second-order valence-electron chi connectivity index (χ2n) is 4.94. The second-order valence-corrected chi connectivity index (χ2v) is 4.94. The van der Waals surface area contributed by atoms with E-state index in [0.29, 0.717) is 18.7 Å². The van der Waals surface area contributed by atoms with Crippen LogP contribution in [0.3, 0.4) is 0 Å². The minimum Gasteiger partial charge on any atom is -0.384 e. The highest BCUT2D eigenvalue weighted by molar-refractivity contribution is 6.02. The predicted octanol–water partition coefficient (Wildman–Crippen LogP) is 1.47. The zero-order chi connectivity index (χ0) is 14.5. The number of nitrogens with one attached hydrogen (secondary N) is 2. The number of benzene rings is 1. The van der Waals surface area contributed by atoms with Gasteiger partial charge in [-0.15, -0.1) is 0 Å². The summed E-state index contributed by atoms with van der Waals surface area (Å²) in [5, 5.41) is 6.03. The number of hydrogen-bond donors (Lipinski definition) is 2. The third-order valence-corrected chi connectivity index (χ3v) is 3.48. The molecule has 1 aromatic carbocycles. The molecule has 0 bridgehead atoms. The lowest BCUT2D eigenvalue weighted by atomic mass is 10.1. The second kappa shape index (κ2) is 6.41.